The van der Waals surface area contributed by atoms with Gasteiger partial charge in [-0.2, -0.15) is 0 Å². The number of hydrogen-bond acceptors (Lipinski definition) is 5. The zero-order chi connectivity index (χ0) is 15.6. The molecule has 1 fully saturated rings. The second-order valence-electron chi connectivity index (χ2n) is 5.67. The number of imidazole rings is 1. The molecule has 1 aliphatic heterocycles. The van der Waals surface area contributed by atoms with E-state index < -0.39 is 10.0 Å². The van der Waals surface area contributed by atoms with E-state index in [2.05, 4.69) is 19.9 Å². The lowest BCUT2D eigenvalue weighted by atomic mass is 9.95. The number of hydrogen-bond donors (Lipinski definition) is 1. The molecule has 0 bridgehead atoms. The van der Waals surface area contributed by atoms with Crippen LogP contribution in [-0.4, -0.2) is 52.0 Å². The van der Waals surface area contributed by atoms with Gasteiger partial charge in [0, 0.05) is 31.7 Å². The van der Waals surface area contributed by atoms with Gasteiger partial charge in [0.05, 0.1) is 18.1 Å². The van der Waals surface area contributed by atoms with E-state index in [1.54, 1.807) is 29.1 Å². The maximum absolute atomic E-state index is 11.7. The minimum atomic E-state index is -3.11. The average molecular weight is 321 g/mol. The second kappa shape index (κ2) is 6.13. The summed E-state index contributed by atoms with van der Waals surface area (Å²) in [5.41, 5.74) is 1.58. The fraction of sp³-hybridized carbons (Fsp3) is 0.500. The Morgan fingerprint density at radius 2 is 2.27 bits per heavy atom. The van der Waals surface area contributed by atoms with E-state index in [-0.39, 0.29) is 5.92 Å². The molecule has 0 radical (unpaired) electrons. The molecule has 3 rings (SSSR count). The average Bonchev–Trinajstić information content (AvgIpc) is 3.01. The molecule has 0 spiro atoms. The molecule has 118 valence electrons. The summed E-state index contributed by atoms with van der Waals surface area (Å²) in [5, 5.41) is 0. The van der Waals surface area contributed by atoms with Gasteiger partial charge in [-0.3, -0.25) is 4.98 Å². The molecule has 8 heteroatoms. The van der Waals surface area contributed by atoms with E-state index >= 15 is 0 Å². The largest absolute Gasteiger partial charge is 0.343 e. The first-order valence-corrected chi connectivity index (χ1v) is 9.13. The molecule has 0 aliphatic carbocycles. The van der Waals surface area contributed by atoms with Crippen LogP contribution in [0.25, 0.3) is 11.5 Å². The van der Waals surface area contributed by atoms with Crippen LogP contribution in [0.2, 0.25) is 0 Å². The van der Waals surface area contributed by atoms with Crippen LogP contribution in [0.1, 0.15) is 18.5 Å². The van der Waals surface area contributed by atoms with E-state index in [0.29, 0.717) is 24.6 Å². The third-order valence-corrected chi connectivity index (χ3v) is 5.14. The van der Waals surface area contributed by atoms with Crippen LogP contribution in [0.5, 0.6) is 0 Å². The molecule has 2 aromatic rings. The van der Waals surface area contributed by atoms with Crippen molar-refractivity contribution >= 4 is 10.0 Å². The monoisotopic (exact) mass is 321 g/mol. The Bertz CT molecular complexity index is 729. The fourth-order valence-corrected chi connectivity index (χ4v) is 3.76. The normalized spacial score (nSPS) is 20.1. The number of nitrogens with zero attached hydrogens (tertiary/aromatic N) is 4. The Kier molecular flexibility index (Phi) is 4.21. The van der Waals surface area contributed by atoms with E-state index in [0.717, 1.165) is 25.0 Å². The quantitative estimate of drug-likeness (QED) is 0.910. The number of piperidine rings is 1. The van der Waals surface area contributed by atoms with Crippen LogP contribution < -0.4 is 0 Å². The molecule has 0 aromatic carbocycles. The van der Waals surface area contributed by atoms with Crippen LogP contribution in [-0.2, 0) is 16.4 Å². The van der Waals surface area contributed by atoms with E-state index in [9.17, 15) is 8.42 Å². The number of nitrogens with one attached hydrogen (secondary N) is 1. The Hall–Kier alpha value is -1.80. The van der Waals surface area contributed by atoms with Gasteiger partial charge in [0.1, 0.15) is 5.69 Å². The highest BCUT2D eigenvalue weighted by Gasteiger charge is 2.26. The SMILES string of the molecule is CS(=O)(=O)N1CCCC(Cc2cncc(-c3ncc[nH]3)n2)C1. The first-order chi connectivity index (χ1) is 10.5. The van der Waals surface area contributed by atoms with Gasteiger partial charge in [-0.25, -0.2) is 22.7 Å². The topological polar surface area (TPSA) is 91.8 Å². The molecule has 2 aromatic heterocycles. The van der Waals surface area contributed by atoms with Gasteiger partial charge in [0.2, 0.25) is 10.0 Å². The molecule has 1 saturated heterocycles. The van der Waals surface area contributed by atoms with Gasteiger partial charge >= 0.3 is 0 Å². The molecular weight excluding hydrogens is 302 g/mol. The lowest BCUT2D eigenvalue weighted by molar-refractivity contribution is 0.265. The summed E-state index contributed by atoms with van der Waals surface area (Å²) < 4.78 is 24.9. The van der Waals surface area contributed by atoms with Gasteiger partial charge in [-0.15, -0.1) is 0 Å². The lowest BCUT2D eigenvalue weighted by Crippen LogP contribution is -2.39. The zero-order valence-electron chi connectivity index (χ0n) is 12.4. The van der Waals surface area contributed by atoms with Gasteiger partial charge in [-0.1, -0.05) is 0 Å². The number of aromatic nitrogens is 4. The minimum Gasteiger partial charge on any atom is -0.343 e. The van der Waals surface area contributed by atoms with Crippen LogP contribution >= 0.6 is 0 Å². The zero-order valence-corrected chi connectivity index (χ0v) is 13.3. The standard InChI is InChI=1S/C14H19N5O2S/c1-22(20,21)19-6-2-3-11(10-19)7-12-8-15-9-13(18-12)14-16-4-5-17-14/h4-5,8-9,11H,2-3,6-7,10H2,1H3,(H,16,17). The number of aromatic amines is 1. The van der Waals surface area contributed by atoms with Crippen molar-refractivity contribution in [2.75, 3.05) is 19.3 Å². The maximum atomic E-state index is 11.7. The third kappa shape index (κ3) is 3.50. The third-order valence-electron chi connectivity index (χ3n) is 3.87. The Balaban J connectivity index is 1.72. The van der Waals surface area contributed by atoms with E-state index in [4.69, 9.17) is 0 Å². The maximum Gasteiger partial charge on any atom is 0.211 e. The molecule has 0 saturated carbocycles. The van der Waals surface area contributed by atoms with Crippen molar-refractivity contribution in [1.82, 2.24) is 24.2 Å². The summed E-state index contributed by atoms with van der Waals surface area (Å²) in [7, 11) is -3.11. The van der Waals surface area contributed by atoms with Gasteiger partial charge in [-0.05, 0) is 25.2 Å². The summed E-state index contributed by atoms with van der Waals surface area (Å²) in [5.74, 6) is 0.973. The Morgan fingerprint density at radius 1 is 1.41 bits per heavy atom. The molecule has 1 N–H and O–H groups in total. The molecule has 0 amide bonds. The predicted molar refractivity (Wildman–Crippen MR) is 82.5 cm³/mol. The second-order valence-corrected chi connectivity index (χ2v) is 7.65. The van der Waals surface area contributed by atoms with Crippen LogP contribution in [0, 0.1) is 5.92 Å². The summed E-state index contributed by atoms with van der Waals surface area (Å²) in [6.45, 7) is 1.18. The van der Waals surface area contributed by atoms with Crippen molar-refractivity contribution in [3.8, 4) is 11.5 Å². The highest BCUT2D eigenvalue weighted by molar-refractivity contribution is 7.88. The number of sulfonamides is 1. The van der Waals surface area contributed by atoms with E-state index in [1.807, 2.05) is 0 Å². The molecular formula is C14H19N5O2S. The predicted octanol–water partition coefficient (Wildman–Crippen LogP) is 1.08. The van der Waals surface area contributed by atoms with Gasteiger partial charge < -0.3 is 4.98 Å². The molecule has 7 nitrogen and oxygen atoms in total. The molecule has 22 heavy (non-hydrogen) atoms. The van der Waals surface area contributed by atoms with E-state index in [1.165, 1.54) is 6.26 Å². The number of H-pyrrole nitrogens is 1. The highest BCUT2D eigenvalue weighted by atomic mass is 32.2. The van der Waals surface area contributed by atoms with Crippen molar-refractivity contribution in [2.45, 2.75) is 19.3 Å². The highest BCUT2D eigenvalue weighted by Crippen LogP contribution is 2.22. The minimum absolute atomic E-state index is 0.282. The van der Waals surface area contributed by atoms with Gasteiger partial charge in [0.15, 0.2) is 5.82 Å². The molecule has 3 heterocycles. The summed E-state index contributed by atoms with van der Waals surface area (Å²) in [6.07, 6.45) is 10.7. The first-order valence-electron chi connectivity index (χ1n) is 7.28. The van der Waals surface area contributed by atoms with Crippen LogP contribution in [0.15, 0.2) is 24.8 Å². The van der Waals surface area contributed by atoms with Crippen molar-refractivity contribution in [3.05, 3.63) is 30.5 Å². The fourth-order valence-electron chi connectivity index (χ4n) is 2.81. The van der Waals surface area contributed by atoms with Crippen molar-refractivity contribution < 1.29 is 8.42 Å². The first kappa shape index (κ1) is 15.1. The Labute approximate surface area is 129 Å². The Morgan fingerprint density at radius 3 is 3.00 bits per heavy atom. The summed E-state index contributed by atoms with van der Waals surface area (Å²) >= 11 is 0. The van der Waals surface area contributed by atoms with Crippen molar-refractivity contribution in [3.63, 3.8) is 0 Å². The molecule has 1 atom stereocenters. The molecule has 1 aliphatic rings. The molecule has 1 unspecified atom stereocenters. The smallest absolute Gasteiger partial charge is 0.211 e. The van der Waals surface area contributed by atoms with Gasteiger partial charge in [0.25, 0.3) is 0 Å². The van der Waals surface area contributed by atoms with Crippen molar-refractivity contribution in [2.24, 2.45) is 5.92 Å². The van der Waals surface area contributed by atoms with Crippen molar-refractivity contribution in [1.29, 1.82) is 0 Å². The number of rotatable bonds is 4. The summed E-state index contributed by atoms with van der Waals surface area (Å²) in [6, 6.07) is 0. The van der Waals surface area contributed by atoms with Crippen LogP contribution in [0.4, 0.5) is 0 Å². The summed E-state index contributed by atoms with van der Waals surface area (Å²) in [4.78, 5) is 16.0. The van der Waals surface area contributed by atoms with Crippen LogP contribution in [0.3, 0.4) is 0 Å². The lowest BCUT2D eigenvalue weighted by Gasteiger charge is -2.30.